The number of nitrogens with one attached hydrogen (secondary N) is 1. The number of benzene rings is 2. The van der Waals surface area contributed by atoms with E-state index in [1.807, 2.05) is 6.92 Å². The Morgan fingerprint density at radius 2 is 1.76 bits per heavy atom. The van der Waals surface area contributed by atoms with E-state index in [0.717, 1.165) is 12.7 Å². The van der Waals surface area contributed by atoms with Crippen LogP contribution in [0.3, 0.4) is 0 Å². The SMILES string of the molecule is CCCNC(=O)C(C)N(Cc1ccc(Cl)cc1Cl)C(=O)CCCN(c1ccccc1)S(C)(=O)=O. The number of rotatable bonds is 12. The third kappa shape index (κ3) is 8.18. The number of halogens is 2. The average molecular weight is 529 g/mol. The van der Waals surface area contributed by atoms with Crippen LogP contribution < -0.4 is 9.62 Å². The maximum Gasteiger partial charge on any atom is 0.242 e. The molecule has 0 aliphatic rings. The fourth-order valence-electron chi connectivity index (χ4n) is 3.41. The lowest BCUT2D eigenvalue weighted by atomic mass is 10.1. The zero-order valence-electron chi connectivity index (χ0n) is 19.6. The fourth-order valence-corrected chi connectivity index (χ4v) is 4.84. The van der Waals surface area contributed by atoms with Gasteiger partial charge in [-0.2, -0.15) is 0 Å². The van der Waals surface area contributed by atoms with E-state index >= 15 is 0 Å². The summed E-state index contributed by atoms with van der Waals surface area (Å²) in [7, 11) is -3.52. The van der Waals surface area contributed by atoms with Gasteiger partial charge in [0, 0.05) is 36.1 Å². The standard InChI is InChI=1S/C24H31Cl2N3O4S/c1-4-14-27-24(31)18(2)28(17-19-12-13-20(25)16-22(19)26)23(30)11-8-15-29(34(3,32)33)21-9-6-5-7-10-21/h5-7,9-10,12-13,16,18H,4,8,11,14-15,17H2,1-3H3,(H,27,31). The Morgan fingerprint density at radius 3 is 2.35 bits per heavy atom. The van der Waals surface area contributed by atoms with Gasteiger partial charge in [0.05, 0.1) is 11.9 Å². The number of carbonyl (C=O) groups excluding carboxylic acids is 2. The van der Waals surface area contributed by atoms with Crippen LogP contribution in [0.4, 0.5) is 5.69 Å². The molecule has 0 aliphatic heterocycles. The van der Waals surface area contributed by atoms with Crippen LogP contribution in [0.5, 0.6) is 0 Å². The van der Waals surface area contributed by atoms with Crippen molar-refractivity contribution in [2.45, 2.75) is 45.7 Å². The van der Waals surface area contributed by atoms with Gasteiger partial charge in [-0.3, -0.25) is 13.9 Å². The molecule has 2 aromatic carbocycles. The Morgan fingerprint density at radius 1 is 1.09 bits per heavy atom. The van der Waals surface area contributed by atoms with E-state index in [1.165, 1.54) is 9.21 Å². The van der Waals surface area contributed by atoms with Crippen LogP contribution in [0.2, 0.25) is 10.0 Å². The molecule has 1 unspecified atom stereocenters. The summed E-state index contributed by atoms with van der Waals surface area (Å²) in [5, 5.41) is 3.69. The first-order valence-electron chi connectivity index (χ1n) is 11.1. The highest BCUT2D eigenvalue weighted by Gasteiger charge is 2.27. The van der Waals surface area contributed by atoms with Crippen LogP contribution in [-0.2, 0) is 26.2 Å². The topological polar surface area (TPSA) is 86.8 Å². The molecule has 0 spiro atoms. The largest absolute Gasteiger partial charge is 0.354 e. The van der Waals surface area contributed by atoms with Gasteiger partial charge >= 0.3 is 0 Å². The van der Waals surface area contributed by atoms with E-state index in [2.05, 4.69) is 5.32 Å². The van der Waals surface area contributed by atoms with Gasteiger partial charge in [0.25, 0.3) is 0 Å². The summed E-state index contributed by atoms with van der Waals surface area (Å²) in [6.45, 7) is 4.39. The Labute approximate surface area is 212 Å². The number of nitrogens with zero attached hydrogens (tertiary/aromatic N) is 2. The lowest BCUT2D eigenvalue weighted by molar-refractivity contribution is -0.140. The quantitative estimate of drug-likeness (QED) is 0.440. The molecule has 186 valence electrons. The summed E-state index contributed by atoms with van der Waals surface area (Å²) in [6.07, 6.45) is 2.26. The van der Waals surface area contributed by atoms with Crippen molar-refractivity contribution in [1.29, 1.82) is 0 Å². The second kappa shape index (κ2) is 13.0. The number of carbonyl (C=O) groups is 2. The van der Waals surface area contributed by atoms with E-state index < -0.39 is 16.1 Å². The zero-order valence-corrected chi connectivity index (χ0v) is 22.0. The van der Waals surface area contributed by atoms with Crippen molar-refractivity contribution in [3.05, 3.63) is 64.1 Å². The number of para-hydroxylation sites is 1. The highest BCUT2D eigenvalue weighted by Crippen LogP contribution is 2.24. The second-order valence-corrected chi connectivity index (χ2v) is 10.7. The Hall–Kier alpha value is -2.29. The molecular weight excluding hydrogens is 497 g/mol. The fraction of sp³-hybridized carbons (Fsp3) is 0.417. The van der Waals surface area contributed by atoms with Crippen LogP contribution in [0.25, 0.3) is 0 Å². The number of amides is 2. The number of anilines is 1. The molecule has 0 saturated heterocycles. The Balaban J connectivity index is 2.17. The molecule has 0 saturated carbocycles. The molecule has 0 aromatic heterocycles. The summed E-state index contributed by atoms with van der Waals surface area (Å²) in [5.74, 6) is -0.533. The molecule has 0 bridgehead atoms. The number of hydrogen-bond acceptors (Lipinski definition) is 4. The molecule has 0 heterocycles. The van der Waals surface area contributed by atoms with Gasteiger partial charge in [0.1, 0.15) is 6.04 Å². The van der Waals surface area contributed by atoms with Crippen LogP contribution in [0.1, 0.15) is 38.7 Å². The summed E-state index contributed by atoms with van der Waals surface area (Å²) < 4.78 is 25.9. The highest BCUT2D eigenvalue weighted by molar-refractivity contribution is 7.92. The third-order valence-corrected chi connectivity index (χ3v) is 7.05. The van der Waals surface area contributed by atoms with Crippen LogP contribution in [-0.4, -0.2) is 50.5 Å². The molecule has 0 aliphatic carbocycles. The van der Waals surface area contributed by atoms with E-state index in [-0.39, 0.29) is 37.7 Å². The predicted octanol–water partition coefficient (Wildman–Crippen LogP) is 4.48. The Kier molecular flexibility index (Phi) is 10.7. The second-order valence-electron chi connectivity index (χ2n) is 8.00. The van der Waals surface area contributed by atoms with Crippen molar-refractivity contribution in [2.75, 3.05) is 23.7 Å². The van der Waals surface area contributed by atoms with Crippen molar-refractivity contribution >= 4 is 50.7 Å². The van der Waals surface area contributed by atoms with E-state index in [4.69, 9.17) is 23.2 Å². The molecule has 7 nitrogen and oxygen atoms in total. The van der Waals surface area contributed by atoms with Gasteiger partial charge in [-0.05, 0) is 49.6 Å². The lowest BCUT2D eigenvalue weighted by Gasteiger charge is -2.29. The molecule has 0 radical (unpaired) electrons. The minimum atomic E-state index is -3.52. The normalized spacial score (nSPS) is 12.1. The molecule has 2 aromatic rings. The maximum absolute atomic E-state index is 13.2. The molecule has 34 heavy (non-hydrogen) atoms. The van der Waals surface area contributed by atoms with Crippen molar-refractivity contribution in [2.24, 2.45) is 0 Å². The monoisotopic (exact) mass is 527 g/mol. The van der Waals surface area contributed by atoms with Crippen LogP contribution >= 0.6 is 23.2 Å². The Bertz CT molecular complexity index is 1080. The first kappa shape index (κ1) is 28.0. The van der Waals surface area contributed by atoms with Gasteiger partial charge in [0.2, 0.25) is 21.8 Å². The predicted molar refractivity (Wildman–Crippen MR) is 138 cm³/mol. The lowest BCUT2D eigenvalue weighted by Crippen LogP contribution is -2.48. The van der Waals surface area contributed by atoms with Crippen molar-refractivity contribution in [1.82, 2.24) is 10.2 Å². The number of sulfonamides is 1. The molecule has 2 rings (SSSR count). The minimum absolute atomic E-state index is 0.0649. The van der Waals surface area contributed by atoms with Crippen molar-refractivity contribution in [3.8, 4) is 0 Å². The number of hydrogen-bond donors (Lipinski definition) is 1. The van der Waals surface area contributed by atoms with E-state index in [0.29, 0.717) is 27.8 Å². The van der Waals surface area contributed by atoms with Crippen molar-refractivity contribution in [3.63, 3.8) is 0 Å². The third-order valence-electron chi connectivity index (χ3n) is 5.27. The van der Waals surface area contributed by atoms with Gasteiger partial charge in [0.15, 0.2) is 0 Å². The highest BCUT2D eigenvalue weighted by atomic mass is 35.5. The first-order chi connectivity index (χ1) is 16.0. The molecule has 1 N–H and O–H groups in total. The summed E-state index contributed by atoms with van der Waals surface area (Å²) in [6, 6.07) is 13.0. The summed E-state index contributed by atoms with van der Waals surface area (Å²) in [5.41, 5.74) is 1.20. The molecule has 10 heteroatoms. The maximum atomic E-state index is 13.2. The van der Waals surface area contributed by atoms with Gasteiger partial charge in [-0.25, -0.2) is 8.42 Å². The molecule has 0 fully saturated rings. The molecule has 2 amide bonds. The summed E-state index contributed by atoms with van der Waals surface area (Å²) in [4.78, 5) is 27.3. The first-order valence-corrected chi connectivity index (χ1v) is 13.7. The summed E-state index contributed by atoms with van der Waals surface area (Å²) >= 11 is 12.3. The smallest absolute Gasteiger partial charge is 0.242 e. The minimum Gasteiger partial charge on any atom is -0.354 e. The molecule has 1 atom stereocenters. The van der Waals surface area contributed by atoms with Crippen LogP contribution in [0, 0.1) is 0 Å². The van der Waals surface area contributed by atoms with Crippen molar-refractivity contribution < 1.29 is 18.0 Å². The van der Waals surface area contributed by atoms with E-state index in [1.54, 1.807) is 55.5 Å². The molecular formula is C24H31Cl2N3O4S. The van der Waals surface area contributed by atoms with Gasteiger partial charge in [-0.15, -0.1) is 0 Å². The van der Waals surface area contributed by atoms with Crippen LogP contribution in [0.15, 0.2) is 48.5 Å². The average Bonchev–Trinajstić information content (AvgIpc) is 2.79. The van der Waals surface area contributed by atoms with Gasteiger partial charge in [-0.1, -0.05) is 54.4 Å². The van der Waals surface area contributed by atoms with Gasteiger partial charge < -0.3 is 10.2 Å². The zero-order chi connectivity index (χ0) is 25.3. The van der Waals surface area contributed by atoms with E-state index in [9.17, 15) is 18.0 Å².